The zero-order valence-electron chi connectivity index (χ0n) is 16.9. The fraction of sp³-hybridized carbons (Fsp3) is 0.125. The molecule has 0 radical (unpaired) electrons. The van der Waals surface area contributed by atoms with Gasteiger partial charge in [-0.1, -0.05) is 65.7 Å². The first kappa shape index (κ1) is 22.3. The Morgan fingerprint density at radius 1 is 0.969 bits per heavy atom. The third-order valence-corrected chi connectivity index (χ3v) is 6.14. The Bertz CT molecular complexity index is 1170. The van der Waals surface area contributed by atoms with Gasteiger partial charge < -0.3 is 10.2 Å². The van der Waals surface area contributed by atoms with Crippen molar-refractivity contribution in [3.05, 3.63) is 94.5 Å². The number of carbonyl (C=O) groups is 2. The molecule has 1 saturated heterocycles. The zero-order valence-corrected chi connectivity index (χ0v) is 19.2. The van der Waals surface area contributed by atoms with Gasteiger partial charge in [-0.25, -0.2) is 0 Å². The summed E-state index contributed by atoms with van der Waals surface area (Å²) in [5.74, 6) is -0.568. The molecule has 162 valence electrons. The van der Waals surface area contributed by atoms with E-state index in [-0.39, 0.29) is 18.2 Å². The first-order chi connectivity index (χ1) is 15.4. The van der Waals surface area contributed by atoms with Crippen LogP contribution in [0.25, 0.3) is 0 Å². The van der Waals surface area contributed by atoms with E-state index in [0.29, 0.717) is 33.1 Å². The Morgan fingerprint density at radius 3 is 2.41 bits per heavy atom. The zero-order chi connectivity index (χ0) is 22.7. The Labute approximate surface area is 201 Å². The van der Waals surface area contributed by atoms with Crippen LogP contribution in [0.5, 0.6) is 0 Å². The van der Waals surface area contributed by atoms with Crippen LogP contribution in [0, 0.1) is 0 Å². The largest absolute Gasteiger partial charge is 0.332 e. The van der Waals surface area contributed by atoms with Gasteiger partial charge in [0.15, 0.2) is 5.11 Å². The molecule has 1 aliphatic rings. The molecule has 1 fully saturated rings. The van der Waals surface area contributed by atoms with Crippen LogP contribution in [-0.2, 0) is 16.1 Å². The number of nitrogens with one attached hydrogen (secondary N) is 1. The number of benzene rings is 3. The highest BCUT2D eigenvalue weighted by Crippen LogP contribution is 2.30. The smallest absolute Gasteiger partial charge is 0.256 e. The van der Waals surface area contributed by atoms with Crippen LogP contribution in [0.4, 0.5) is 11.4 Å². The lowest BCUT2D eigenvalue weighted by Gasteiger charge is -2.24. The van der Waals surface area contributed by atoms with Crippen LogP contribution in [0.3, 0.4) is 0 Å². The van der Waals surface area contributed by atoms with E-state index in [4.69, 9.17) is 35.4 Å². The Kier molecular flexibility index (Phi) is 6.74. The van der Waals surface area contributed by atoms with Crippen molar-refractivity contribution in [3.8, 4) is 0 Å². The topological polar surface area (TPSA) is 52.7 Å². The second-order valence-corrected chi connectivity index (χ2v) is 8.50. The maximum absolute atomic E-state index is 13.4. The third-order valence-electron chi connectivity index (χ3n) is 5.12. The SMILES string of the molecule is O=C(C[C@@H]1C(=O)N(c2ccccc2)C(=S)N1Cc1ccccc1Cl)Nc1cccc(Cl)c1. The molecule has 1 aliphatic heterocycles. The Balaban J connectivity index is 1.61. The number of anilines is 2. The van der Waals surface area contributed by atoms with Crippen molar-refractivity contribution in [1.82, 2.24) is 4.90 Å². The summed E-state index contributed by atoms with van der Waals surface area (Å²) in [4.78, 5) is 29.5. The Hall–Kier alpha value is -2.93. The second-order valence-electron chi connectivity index (χ2n) is 7.29. The molecule has 5 nitrogen and oxygen atoms in total. The standard InChI is InChI=1S/C24H19Cl2N3O2S/c25-17-8-6-9-18(13-17)27-22(30)14-21-23(31)29(19-10-2-1-3-11-19)24(32)28(21)15-16-7-4-5-12-20(16)26/h1-13,21H,14-15H2,(H,27,30)/t21-/m1/s1. The van der Waals surface area contributed by atoms with Gasteiger partial charge >= 0.3 is 0 Å². The van der Waals surface area contributed by atoms with Gasteiger partial charge in [0.05, 0.1) is 12.1 Å². The number of para-hydroxylation sites is 1. The lowest BCUT2D eigenvalue weighted by molar-refractivity contribution is -0.124. The summed E-state index contributed by atoms with van der Waals surface area (Å²) in [6, 6.07) is 22.6. The fourth-order valence-corrected chi connectivity index (χ4v) is 4.37. The van der Waals surface area contributed by atoms with E-state index < -0.39 is 6.04 Å². The second kappa shape index (κ2) is 9.69. The predicted octanol–water partition coefficient (Wildman–Crippen LogP) is 5.52. The van der Waals surface area contributed by atoms with Gasteiger partial charge in [0.1, 0.15) is 6.04 Å². The molecule has 1 heterocycles. The number of hydrogen-bond donors (Lipinski definition) is 1. The molecule has 1 N–H and O–H groups in total. The normalized spacial score (nSPS) is 15.9. The Morgan fingerprint density at radius 2 is 1.69 bits per heavy atom. The quantitative estimate of drug-likeness (QED) is 0.468. The first-order valence-corrected chi connectivity index (χ1v) is 11.1. The molecular weight excluding hydrogens is 465 g/mol. The molecule has 8 heteroatoms. The van der Waals surface area contributed by atoms with E-state index in [9.17, 15) is 9.59 Å². The minimum absolute atomic E-state index is 0.0702. The van der Waals surface area contributed by atoms with Gasteiger partial charge in [0, 0.05) is 22.3 Å². The number of hydrogen-bond acceptors (Lipinski definition) is 3. The van der Waals surface area contributed by atoms with Crippen LogP contribution in [-0.4, -0.2) is 27.9 Å². The summed E-state index contributed by atoms with van der Waals surface area (Å²) in [6.45, 7) is 0.308. The molecule has 3 aromatic carbocycles. The molecule has 2 amide bonds. The van der Waals surface area contributed by atoms with Gasteiger partial charge in [0.25, 0.3) is 5.91 Å². The summed E-state index contributed by atoms with van der Waals surface area (Å²) >= 11 is 18.0. The molecule has 0 aromatic heterocycles. The highest BCUT2D eigenvalue weighted by molar-refractivity contribution is 7.80. The minimum Gasteiger partial charge on any atom is -0.332 e. The average Bonchev–Trinajstić information content (AvgIpc) is 2.99. The molecule has 0 unspecified atom stereocenters. The fourth-order valence-electron chi connectivity index (χ4n) is 3.59. The maximum Gasteiger partial charge on any atom is 0.256 e. The number of halogens is 2. The van der Waals surface area contributed by atoms with Gasteiger partial charge in [-0.15, -0.1) is 0 Å². The van der Waals surface area contributed by atoms with E-state index in [1.54, 1.807) is 35.2 Å². The number of rotatable bonds is 6. The van der Waals surface area contributed by atoms with E-state index in [2.05, 4.69) is 5.32 Å². The van der Waals surface area contributed by atoms with E-state index in [0.717, 1.165) is 5.56 Å². The molecule has 0 saturated carbocycles. The van der Waals surface area contributed by atoms with Crippen LogP contribution >= 0.6 is 35.4 Å². The molecule has 32 heavy (non-hydrogen) atoms. The van der Waals surface area contributed by atoms with Crippen LogP contribution in [0.15, 0.2) is 78.9 Å². The average molecular weight is 484 g/mol. The van der Waals surface area contributed by atoms with Gasteiger partial charge in [-0.3, -0.25) is 14.5 Å². The number of amides is 2. The number of thiocarbonyl (C=S) groups is 1. The molecule has 0 spiro atoms. The van der Waals surface area contributed by atoms with E-state index >= 15 is 0 Å². The van der Waals surface area contributed by atoms with Gasteiger partial charge in [-0.05, 0) is 54.2 Å². The van der Waals surface area contributed by atoms with Gasteiger partial charge in [-0.2, -0.15) is 0 Å². The van der Waals surface area contributed by atoms with Crippen molar-refractivity contribution in [2.45, 2.75) is 19.0 Å². The van der Waals surface area contributed by atoms with Crippen molar-refractivity contribution in [1.29, 1.82) is 0 Å². The summed E-state index contributed by atoms with van der Waals surface area (Å²) in [7, 11) is 0. The van der Waals surface area contributed by atoms with Crippen molar-refractivity contribution >= 4 is 63.7 Å². The van der Waals surface area contributed by atoms with Crippen molar-refractivity contribution in [2.24, 2.45) is 0 Å². The minimum atomic E-state index is -0.766. The van der Waals surface area contributed by atoms with Crippen molar-refractivity contribution in [2.75, 3.05) is 10.2 Å². The summed E-state index contributed by atoms with van der Waals surface area (Å²) in [6.07, 6.45) is -0.0702. The summed E-state index contributed by atoms with van der Waals surface area (Å²) in [5.41, 5.74) is 2.04. The molecule has 0 bridgehead atoms. The molecule has 1 atom stereocenters. The van der Waals surface area contributed by atoms with E-state index in [1.165, 1.54) is 4.90 Å². The molecule has 4 rings (SSSR count). The highest BCUT2D eigenvalue weighted by Gasteiger charge is 2.44. The highest BCUT2D eigenvalue weighted by atomic mass is 35.5. The van der Waals surface area contributed by atoms with Crippen LogP contribution in [0.1, 0.15) is 12.0 Å². The molecular formula is C24H19Cl2N3O2S. The van der Waals surface area contributed by atoms with E-state index in [1.807, 2.05) is 48.5 Å². The molecule has 3 aromatic rings. The van der Waals surface area contributed by atoms with Crippen LogP contribution < -0.4 is 10.2 Å². The van der Waals surface area contributed by atoms with Crippen molar-refractivity contribution in [3.63, 3.8) is 0 Å². The summed E-state index contributed by atoms with van der Waals surface area (Å²) < 4.78 is 0. The van der Waals surface area contributed by atoms with Gasteiger partial charge in [0.2, 0.25) is 5.91 Å². The number of nitrogens with zero attached hydrogens (tertiary/aromatic N) is 2. The lowest BCUT2D eigenvalue weighted by Crippen LogP contribution is -2.37. The van der Waals surface area contributed by atoms with Crippen molar-refractivity contribution < 1.29 is 9.59 Å². The number of carbonyl (C=O) groups excluding carboxylic acids is 2. The lowest BCUT2D eigenvalue weighted by atomic mass is 10.1. The van der Waals surface area contributed by atoms with Crippen LogP contribution in [0.2, 0.25) is 10.0 Å². The first-order valence-electron chi connectivity index (χ1n) is 9.92. The monoisotopic (exact) mass is 483 g/mol. The summed E-state index contributed by atoms with van der Waals surface area (Å²) in [5, 5.41) is 4.22. The maximum atomic E-state index is 13.4. The predicted molar refractivity (Wildman–Crippen MR) is 132 cm³/mol. The molecule has 0 aliphatic carbocycles. The third kappa shape index (κ3) is 4.78.